The van der Waals surface area contributed by atoms with Crippen molar-refractivity contribution in [1.82, 2.24) is 30.2 Å². The monoisotopic (exact) mass is 348 g/mol. The summed E-state index contributed by atoms with van der Waals surface area (Å²) in [5, 5.41) is 3.48. The maximum atomic E-state index is 4.59. The van der Waals surface area contributed by atoms with Gasteiger partial charge in [-0.05, 0) is 32.4 Å². The van der Waals surface area contributed by atoms with Crippen molar-refractivity contribution < 1.29 is 5.48 Å². The van der Waals surface area contributed by atoms with Crippen molar-refractivity contribution >= 4 is 12.4 Å². The van der Waals surface area contributed by atoms with E-state index in [1.54, 1.807) is 18.6 Å². The zero-order valence-corrected chi connectivity index (χ0v) is 14.2. The van der Waals surface area contributed by atoms with E-state index in [-0.39, 0.29) is 17.9 Å². The predicted molar refractivity (Wildman–Crippen MR) is 94.3 cm³/mol. The number of nitrogens with zero attached hydrogens (tertiary/aromatic N) is 4. The van der Waals surface area contributed by atoms with Gasteiger partial charge in [0.05, 0.1) is 23.8 Å². The van der Waals surface area contributed by atoms with Crippen molar-refractivity contribution in [2.24, 2.45) is 0 Å². The van der Waals surface area contributed by atoms with Crippen molar-refractivity contribution in [2.75, 3.05) is 6.54 Å². The van der Waals surface area contributed by atoms with Crippen LogP contribution in [0.15, 0.2) is 30.9 Å². The second-order valence-electron chi connectivity index (χ2n) is 5.88. The van der Waals surface area contributed by atoms with Gasteiger partial charge in [0.15, 0.2) is 0 Å². The topological polar surface area (TPSA) is 111 Å². The molecule has 1 fully saturated rings. The molecule has 4 heterocycles. The number of piperidine rings is 1. The molecule has 4 rings (SSSR count). The van der Waals surface area contributed by atoms with E-state index in [2.05, 4.69) is 37.2 Å². The number of H-pyrrole nitrogens is 1. The molecular formula is C16H21ClN6O. The molecule has 3 aliphatic heterocycles. The first kappa shape index (κ1) is 18.3. The molecule has 2 unspecified atom stereocenters. The van der Waals surface area contributed by atoms with Gasteiger partial charge in [0.1, 0.15) is 17.2 Å². The number of nitrogens with one attached hydrogen (secondary N) is 2. The lowest BCUT2D eigenvalue weighted by atomic mass is 9.92. The van der Waals surface area contributed by atoms with E-state index in [1.807, 2.05) is 12.3 Å². The molecule has 1 aromatic rings. The van der Waals surface area contributed by atoms with Crippen LogP contribution in [0.4, 0.5) is 0 Å². The smallest absolute Gasteiger partial charge is 0.109 e. The number of rotatable bonds is 2. The Morgan fingerprint density at radius 3 is 2.71 bits per heavy atom. The Morgan fingerprint density at radius 1 is 1.08 bits per heavy atom. The second kappa shape index (κ2) is 7.65. The molecule has 1 saturated heterocycles. The van der Waals surface area contributed by atoms with Crippen molar-refractivity contribution in [1.29, 1.82) is 0 Å². The minimum absolute atomic E-state index is 0. The summed E-state index contributed by atoms with van der Waals surface area (Å²) in [6.45, 7) is 3.27. The van der Waals surface area contributed by atoms with Gasteiger partial charge in [0, 0.05) is 24.4 Å². The van der Waals surface area contributed by atoms with Crippen molar-refractivity contribution in [3.63, 3.8) is 0 Å². The Morgan fingerprint density at radius 2 is 1.96 bits per heavy atom. The lowest BCUT2D eigenvalue weighted by molar-refractivity contribution is 0.371. The van der Waals surface area contributed by atoms with Gasteiger partial charge in [-0.25, -0.2) is 9.97 Å². The van der Waals surface area contributed by atoms with E-state index in [4.69, 9.17) is 0 Å². The molecule has 0 aromatic carbocycles. The predicted octanol–water partition coefficient (Wildman–Crippen LogP) is 1.82. The van der Waals surface area contributed by atoms with Gasteiger partial charge in [0.2, 0.25) is 0 Å². The van der Waals surface area contributed by atoms with Crippen LogP contribution in [0.2, 0.25) is 0 Å². The summed E-state index contributed by atoms with van der Waals surface area (Å²) in [4.78, 5) is 21.0. The quantitative estimate of drug-likeness (QED) is 0.733. The van der Waals surface area contributed by atoms with Gasteiger partial charge in [0.25, 0.3) is 0 Å². The normalized spacial score (nSPS) is 20.2. The van der Waals surface area contributed by atoms with E-state index in [0.717, 1.165) is 48.0 Å². The highest BCUT2D eigenvalue weighted by Gasteiger charge is 2.23. The molecule has 3 aliphatic rings. The van der Waals surface area contributed by atoms with Crippen LogP contribution < -0.4 is 5.32 Å². The van der Waals surface area contributed by atoms with Gasteiger partial charge in [-0.2, -0.15) is 0 Å². The molecule has 24 heavy (non-hydrogen) atoms. The van der Waals surface area contributed by atoms with E-state index >= 15 is 0 Å². The minimum Gasteiger partial charge on any atom is -0.412 e. The standard InChI is InChI=1S/C16H18N6.ClH.H2O/c1-10-6-11(2-3-18-10)16-20-9-15-13(22-16)7-12(21-15)14-8-17-4-5-19-14;;/h4-5,7-11,18H,2-3,6H2,1H3,(H,20,22);1H;1H2. The fourth-order valence-electron chi connectivity index (χ4n) is 3.08. The van der Waals surface area contributed by atoms with E-state index in [0.29, 0.717) is 12.0 Å². The summed E-state index contributed by atoms with van der Waals surface area (Å²) in [6.07, 6.45) is 9.15. The second-order valence-corrected chi connectivity index (χ2v) is 5.88. The van der Waals surface area contributed by atoms with Crippen molar-refractivity contribution in [2.45, 2.75) is 31.7 Å². The average Bonchev–Trinajstić information content (AvgIpc) is 2.99. The number of hydrogen-bond acceptors (Lipinski definition) is 5. The lowest BCUT2D eigenvalue weighted by Gasteiger charge is -2.27. The summed E-state index contributed by atoms with van der Waals surface area (Å²) in [5.41, 5.74) is 3.49. The minimum atomic E-state index is 0. The molecule has 7 nitrogen and oxygen atoms in total. The van der Waals surface area contributed by atoms with Gasteiger partial charge in [-0.15, -0.1) is 12.4 Å². The van der Waals surface area contributed by atoms with Crippen LogP contribution in [-0.2, 0) is 0 Å². The molecule has 0 radical (unpaired) electrons. The first-order valence-corrected chi connectivity index (χ1v) is 7.65. The highest BCUT2D eigenvalue weighted by molar-refractivity contribution is 5.85. The summed E-state index contributed by atoms with van der Waals surface area (Å²) in [6, 6.07) is 2.56. The van der Waals surface area contributed by atoms with Crippen LogP contribution in [0, 0.1) is 0 Å². The third kappa shape index (κ3) is 3.53. The molecule has 0 bridgehead atoms. The van der Waals surface area contributed by atoms with Crippen LogP contribution in [0.25, 0.3) is 22.8 Å². The molecule has 0 spiro atoms. The third-order valence-corrected chi connectivity index (χ3v) is 4.22. The molecule has 0 aliphatic carbocycles. The van der Waals surface area contributed by atoms with Crippen LogP contribution in [-0.4, -0.2) is 43.0 Å². The number of aromatic nitrogens is 5. The van der Waals surface area contributed by atoms with Crippen LogP contribution >= 0.6 is 12.4 Å². The maximum Gasteiger partial charge on any atom is 0.109 e. The summed E-state index contributed by atoms with van der Waals surface area (Å²) in [5.74, 6) is 1.54. The third-order valence-electron chi connectivity index (χ3n) is 4.22. The summed E-state index contributed by atoms with van der Waals surface area (Å²) < 4.78 is 0. The molecule has 0 amide bonds. The van der Waals surface area contributed by atoms with Gasteiger partial charge < -0.3 is 15.8 Å². The molecule has 4 N–H and O–H groups in total. The summed E-state index contributed by atoms with van der Waals surface area (Å²) >= 11 is 0. The van der Waals surface area contributed by atoms with Crippen LogP contribution in [0.1, 0.15) is 31.5 Å². The average molecular weight is 349 g/mol. The molecule has 2 atom stereocenters. The SMILES string of the molecule is CC1CC(c2ncc3nc(-c4cnccn4)cc-3[nH]2)CCN1.Cl.O. The largest absolute Gasteiger partial charge is 0.412 e. The van der Waals surface area contributed by atoms with Crippen molar-refractivity contribution in [3.8, 4) is 22.8 Å². The van der Waals surface area contributed by atoms with E-state index in [9.17, 15) is 0 Å². The van der Waals surface area contributed by atoms with Gasteiger partial charge >= 0.3 is 0 Å². The molecule has 8 heteroatoms. The fraction of sp³-hybridized carbons (Fsp3) is 0.375. The van der Waals surface area contributed by atoms with Gasteiger partial charge in [-0.1, -0.05) is 0 Å². The molecule has 128 valence electrons. The zero-order chi connectivity index (χ0) is 14.9. The number of fused-ring (bicyclic) bond motifs is 1. The Hall–Kier alpha value is -2.09. The number of hydrogen-bond donors (Lipinski definition) is 2. The van der Waals surface area contributed by atoms with E-state index < -0.39 is 0 Å². The first-order chi connectivity index (χ1) is 10.8. The molecule has 0 saturated carbocycles. The highest BCUT2D eigenvalue weighted by Crippen LogP contribution is 2.29. The van der Waals surface area contributed by atoms with Crippen LogP contribution in [0.5, 0.6) is 0 Å². The Balaban J connectivity index is 0.00000104. The highest BCUT2D eigenvalue weighted by atomic mass is 35.5. The molecule has 1 aromatic heterocycles. The molecular weight excluding hydrogens is 328 g/mol. The maximum absolute atomic E-state index is 4.59. The Labute approximate surface area is 146 Å². The van der Waals surface area contributed by atoms with E-state index in [1.165, 1.54) is 0 Å². The summed E-state index contributed by atoms with van der Waals surface area (Å²) in [7, 11) is 0. The Bertz CT molecular complexity index is 750. The fourth-order valence-corrected chi connectivity index (χ4v) is 3.08. The van der Waals surface area contributed by atoms with Gasteiger partial charge in [-0.3, -0.25) is 9.97 Å². The zero-order valence-electron chi connectivity index (χ0n) is 13.4. The van der Waals surface area contributed by atoms with Crippen molar-refractivity contribution in [3.05, 3.63) is 36.7 Å². The lowest BCUT2D eigenvalue weighted by Crippen LogP contribution is -2.35. The number of halogens is 1. The Kier molecular flexibility index (Phi) is 5.82. The first-order valence-electron chi connectivity index (χ1n) is 7.65. The van der Waals surface area contributed by atoms with Crippen LogP contribution in [0.3, 0.4) is 0 Å². The number of aromatic amines is 1.